The minimum absolute atomic E-state index is 0.0308. The molecule has 3 aromatic carbocycles. The molecule has 4 aliphatic heterocycles. The molecule has 0 radical (unpaired) electrons. The molecule has 13 heteroatoms. The molecule has 2 bridgehead atoms. The minimum atomic E-state index is -3.20. The quantitative estimate of drug-likeness (QED) is 0.0987. The fourth-order valence-electron chi connectivity index (χ4n) is 10.9. The van der Waals surface area contributed by atoms with E-state index in [0.717, 1.165) is 27.1 Å². The van der Waals surface area contributed by atoms with Crippen LogP contribution in [-0.4, -0.2) is 113 Å². The van der Waals surface area contributed by atoms with E-state index in [-0.39, 0.29) is 37.7 Å². The van der Waals surface area contributed by atoms with Gasteiger partial charge in [0.15, 0.2) is 41.2 Å². The number of aliphatic hydroxyl groups is 1. The number of piperazine rings is 1. The number of carbonyl (C=O) groups excluding carboxylic acids is 1. The number of piperidine rings is 1. The number of aryl methyl sites for hydroxylation is 1. The molecule has 0 spiro atoms. The number of carbonyl (C=O) groups is 1. The molecule has 6 atom stereocenters. The number of ketones is 1. The summed E-state index contributed by atoms with van der Waals surface area (Å²) in [6.45, 7) is 15.5. The van der Waals surface area contributed by atoms with E-state index in [2.05, 4.69) is 73.6 Å². The normalized spacial score (nSPS) is 26.0. The van der Waals surface area contributed by atoms with E-state index < -0.39 is 43.9 Å². The zero-order chi connectivity index (χ0) is 43.3. The van der Waals surface area contributed by atoms with E-state index in [0.29, 0.717) is 60.3 Å². The second-order valence-corrected chi connectivity index (χ2v) is 21.9. The predicted molar refractivity (Wildman–Crippen MR) is 232 cm³/mol. The smallest absolute Gasteiger partial charge is 0.261 e. The summed E-state index contributed by atoms with van der Waals surface area (Å²) in [6.07, 6.45) is 2.34. The van der Waals surface area contributed by atoms with Gasteiger partial charge in [0.2, 0.25) is 6.79 Å². The average molecular weight is 848 g/mol. The van der Waals surface area contributed by atoms with Gasteiger partial charge < -0.3 is 38.0 Å². The lowest BCUT2D eigenvalue weighted by Crippen LogP contribution is -2.75. The van der Waals surface area contributed by atoms with E-state index in [9.17, 15) is 15.2 Å². The van der Waals surface area contributed by atoms with Crippen molar-refractivity contribution in [3.63, 3.8) is 0 Å². The summed E-state index contributed by atoms with van der Waals surface area (Å²) in [7, 11) is 0.0406. The number of fused-ring (bicyclic) bond motifs is 8. The molecular formula is C48H57N3O9Si. The first kappa shape index (κ1) is 42.9. The van der Waals surface area contributed by atoms with Crippen LogP contribution in [0.5, 0.6) is 11.5 Å². The Labute approximate surface area is 360 Å². The van der Waals surface area contributed by atoms with Crippen LogP contribution in [0.1, 0.15) is 56.8 Å². The summed E-state index contributed by atoms with van der Waals surface area (Å²) in [5.41, 5.74) is 1.42. The molecule has 1 unspecified atom stereocenters. The highest BCUT2D eigenvalue weighted by atomic mass is 28.4. The molecule has 12 nitrogen and oxygen atoms in total. The standard InChI is InChI=1S/C48H57N3O9Si/c1-9-20-50-35-24-32-23-30(2)42(55-8)44(57-28-56-22-21-54-7)39(32)41(50)36-25-48(53)40(45-43(58-29-59-45)31(3)46(48)52)38(51(36)37(35)26-49)27-60-61(47(4,5)6,33-16-12-10-13-17-33)34-18-14-11-15-19-34/h9-19,23,35-38,41,53H,1,20-22,24-25,27-29H2,2-8H3/t35-,36-,37-,38-,41-,48?/m0/s1. The highest BCUT2D eigenvalue weighted by molar-refractivity contribution is 6.99. The number of methoxy groups -OCH3 is 2. The molecule has 4 heterocycles. The Morgan fingerprint density at radius 3 is 2.28 bits per heavy atom. The summed E-state index contributed by atoms with van der Waals surface area (Å²) >= 11 is 0. The van der Waals surface area contributed by atoms with Gasteiger partial charge in [-0.25, -0.2) is 0 Å². The molecule has 1 N–H and O–H groups in total. The van der Waals surface area contributed by atoms with Crippen LogP contribution < -0.4 is 19.8 Å². The van der Waals surface area contributed by atoms with Gasteiger partial charge in [0.1, 0.15) is 6.04 Å². The Morgan fingerprint density at radius 1 is 1.00 bits per heavy atom. The van der Waals surface area contributed by atoms with Gasteiger partial charge in [-0.15, -0.1) is 6.58 Å². The van der Waals surface area contributed by atoms with Crippen molar-refractivity contribution >= 4 is 24.5 Å². The van der Waals surface area contributed by atoms with Crippen molar-refractivity contribution < 1.29 is 42.7 Å². The van der Waals surface area contributed by atoms with Crippen LogP contribution in [0.3, 0.4) is 0 Å². The number of nitrogens with zero attached hydrogens (tertiary/aromatic N) is 3. The molecule has 5 aliphatic rings. The third kappa shape index (κ3) is 6.84. The summed E-state index contributed by atoms with van der Waals surface area (Å²) in [4.78, 5) is 19.4. The number of benzene rings is 3. The van der Waals surface area contributed by atoms with Crippen LogP contribution >= 0.6 is 0 Å². The Kier molecular flexibility index (Phi) is 11.8. The van der Waals surface area contributed by atoms with Crippen molar-refractivity contribution in [3.05, 3.63) is 119 Å². The van der Waals surface area contributed by atoms with Crippen molar-refractivity contribution in [1.29, 1.82) is 5.26 Å². The molecule has 8 rings (SSSR count). The summed E-state index contributed by atoms with van der Waals surface area (Å²) in [6, 6.07) is 22.7. The third-order valence-electron chi connectivity index (χ3n) is 13.3. The monoisotopic (exact) mass is 847 g/mol. The molecule has 322 valence electrons. The van der Waals surface area contributed by atoms with Crippen LogP contribution in [-0.2, 0) is 34.6 Å². The van der Waals surface area contributed by atoms with Crippen LogP contribution in [0.25, 0.3) is 0 Å². The highest BCUT2D eigenvalue weighted by Gasteiger charge is 2.65. The number of ether oxygens (including phenoxy) is 6. The zero-order valence-corrected chi connectivity index (χ0v) is 37.2. The van der Waals surface area contributed by atoms with Crippen molar-refractivity contribution in [2.24, 2.45) is 0 Å². The maximum atomic E-state index is 14.9. The van der Waals surface area contributed by atoms with Gasteiger partial charge >= 0.3 is 0 Å². The van der Waals surface area contributed by atoms with Gasteiger partial charge in [-0.3, -0.25) is 14.6 Å². The average Bonchev–Trinajstić information content (AvgIpc) is 3.73. The maximum absolute atomic E-state index is 14.9. The number of Topliss-reactive ketones (excluding diaryl/α,β-unsaturated/α-hetero) is 1. The zero-order valence-electron chi connectivity index (χ0n) is 36.2. The molecule has 1 aliphatic carbocycles. The topological polar surface area (TPSA) is 132 Å². The number of nitriles is 1. The lowest BCUT2D eigenvalue weighted by atomic mass is 9.64. The van der Waals surface area contributed by atoms with Crippen molar-refractivity contribution in [3.8, 4) is 17.6 Å². The first-order chi connectivity index (χ1) is 29.4. The maximum Gasteiger partial charge on any atom is 0.261 e. The van der Waals surface area contributed by atoms with Crippen molar-refractivity contribution in [2.45, 2.75) is 88.3 Å². The molecule has 3 saturated heterocycles. The molecule has 61 heavy (non-hydrogen) atoms. The summed E-state index contributed by atoms with van der Waals surface area (Å²) in [5.74, 6) is 1.32. The first-order valence-corrected chi connectivity index (χ1v) is 23.0. The van der Waals surface area contributed by atoms with Crippen LogP contribution in [0, 0.1) is 18.3 Å². The van der Waals surface area contributed by atoms with Gasteiger partial charge in [0, 0.05) is 48.9 Å². The second kappa shape index (κ2) is 16.8. The molecule has 3 fully saturated rings. The first-order valence-electron chi connectivity index (χ1n) is 21.0. The lowest BCUT2D eigenvalue weighted by molar-refractivity contribution is -0.151. The van der Waals surface area contributed by atoms with Gasteiger partial charge in [0.05, 0.1) is 45.1 Å². The Morgan fingerprint density at radius 2 is 1.67 bits per heavy atom. The van der Waals surface area contributed by atoms with Gasteiger partial charge in [0.25, 0.3) is 8.32 Å². The molecule has 0 aromatic heterocycles. The van der Waals surface area contributed by atoms with Gasteiger partial charge in [-0.1, -0.05) is 93.6 Å². The minimum Gasteiger partial charge on any atom is -0.493 e. The molecular weight excluding hydrogens is 791 g/mol. The number of hydrogen-bond acceptors (Lipinski definition) is 12. The fourth-order valence-corrected chi connectivity index (χ4v) is 15.5. The largest absolute Gasteiger partial charge is 0.493 e. The van der Waals surface area contributed by atoms with E-state index in [1.165, 1.54) is 0 Å². The van der Waals surface area contributed by atoms with E-state index in [1.54, 1.807) is 21.1 Å². The van der Waals surface area contributed by atoms with Gasteiger partial charge in [-0.2, -0.15) is 5.26 Å². The summed E-state index contributed by atoms with van der Waals surface area (Å²) in [5, 5.41) is 26.6. The summed E-state index contributed by atoms with van der Waals surface area (Å²) < 4.78 is 43.6. The fraction of sp³-hybridized carbons (Fsp3) is 0.458. The lowest BCUT2D eigenvalue weighted by Gasteiger charge is -2.63. The van der Waals surface area contributed by atoms with Crippen molar-refractivity contribution in [2.75, 3.05) is 54.2 Å². The van der Waals surface area contributed by atoms with E-state index >= 15 is 0 Å². The Bertz CT molecular complexity index is 2230. The van der Waals surface area contributed by atoms with Crippen LogP contribution in [0.15, 0.2) is 102 Å². The Hall–Kier alpha value is -4.78. The van der Waals surface area contributed by atoms with Crippen molar-refractivity contribution in [1.82, 2.24) is 9.80 Å². The second-order valence-electron chi connectivity index (χ2n) is 17.6. The Balaban J connectivity index is 1.35. The molecule has 0 saturated carbocycles. The van der Waals surface area contributed by atoms with Gasteiger partial charge in [-0.05, 0) is 46.8 Å². The van der Waals surface area contributed by atoms with Crippen LogP contribution in [0.4, 0.5) is 0 Å². The predicted octanol–water partition coefficient (Wildman–Crippen LogP) is 5.23. The molecule has 0 amide bonds. The highest BCUT2D eigenvalue weighted by Crippen LogP contribution is 2.57. The number of rotatable bonds is 14. The van der Waals surface area contributed by atoms with Crippen LogP contribution in [0.2, 0.25) is 5.04 Å². The van der Waals surface area contributed by atoms with E-state index in [1.807, 2.05) is 49.4 Å². The third-order valence-corrected chi connectivity index (χ3v) is 18.3. The molecule has 3 aromatic rings. The number of hydrogen-bond donors (Lipinski definition) is 1. The van der Waals surface area contributed by atoms with E-state index in [4.69, 9.17) is 32.8 Å². The SMILES string of the molecule is C=CCN1[C@@H]2c3c(cc(C)c(OC)c3OCOCCOC)C[C@H]1[C@H](C#N)N1[C@@H](CO[Si](c3ccccc3)(c3ccccc3)C(C)(C)C)C3=C4OCOC4=C(C)C(=O)C3(O)C[C@@H]21.